The molecular weight excluding hydrogens is 257 g/mol. The van der Waals surface area contributed by atoms with Crippen molar-refractivity contribution in [3.05, 3.63) is 24.0 Å². The molecule has 2 unspecified atom stereocenters. The summed E-state index contributed by atoms with van der Waals surface area (Å²) < 4.78 is 37.3. The van der Waals surface area contributed by atoms with Gasteiger partial charge >= 0.3 is 6.18 Å². The fraction of sp³-hybridized carbons (Fsp3) is 0.538. The average Bonchev–Trinajstić information content (AvgIpc) is 2.35. The van der Waals surface area contributed by atoms with Crippen LogP contribution in [0.4, 0.5) is 18.9 Å². The highest BCUT2D eigenvalue weighted by molar-refractivity contribution is 5.83. The first-order valence-electron chi connectivity index (χ1n) is 6.13. The number of aromatic nitrogens is 1. The van der Waals surface area contributed by atoms with Crippen LogP contribution in [-0.2, 0) is 11.0 Å². The maximum atomic E-state index is 12.4. The molecular formula is C13H15F3N2O. The van der Waals surface area contributed by atoms with Gasteiger partial charge in [0.2, 0.25) is 0 Å². The summed E-state index contributed by atoms with van der Waals surface area (Å²) >= 11 is 0. The molecule has 0 spiro atoms. The second-order valence-corrected chi connectivity index (χ2v) is 4.84. The first-order chi connectivity index (χ1) is 8.80. The number of anilines is 1. The van der Waals surface area contributed by atoms with Crippen LogP contribution in [0.15, 0.2) is 18.3 Å². The lowest BCUT2D eigenvalue weighted by Crippen LogP contribution is -2.47. The number of carbonyl (C=O) groups is 1. The van der Waals surface area contributed by atoms with E-state index in [0.717, 1.165) is 6.07 Å². The number of hydrogen-bond donors (Lipinski definition) is 0. The van der Waals surface area contributed by atoms with Gasteiger partial charge in [0.15, 0.2) is 0 Å². The number of hydrogen-bond acceptors (Lipinski definition) is 3. The lowest BCUT2D eigenvalue weighted by Gasteiger charge is -2.38. The predicted molar refractivity (Wildman–Crippen MR) is 64.8 cm³/mol. The molecule has 1 saturated heterocycles. The number of ketones is 1. The van der Waals surface area contributed by atoms with Gasteiger partial charge in [-0.15, -0.1) is 0 Å². The molecule has 2 atom stereocenters. The molecule has 0 radical (unpaired) electrons. The molecule has 19 heavy (non-hydrogen) atoms. The predicted octanol–water partition coefficient (Wildman–Crippen LogP) is 2.90. The minimum absolute atomic E-state index is 0.0280. The molecule has 0 aliphatic carbocycles. The summed E-state index contributed by atoms with van der Waals surface area (Å²) in [6, 6.07) is 2.36. The van der Waals surface area contributed by atoms with Gasteiger partial charge in [-0.3, -0.25) is 4.79 Å². The highest BCUT2D eigenvalue weighted by atomic mass is 19.4. The Morgan fingerprint density at radius 1 is 1.32 bits per heavy atom. The van der Waals surface area contributed by atoms with Gasteiger partial charge in [0.1, 0.15) is 11.5 Å². The van der Waals surface area contributed by atoms with E-state index in [-0.39, 0.29) is 17.7 Å². The van der Waals surface area contributed by atoms with E-state index < -0.39 is 11.9 Å². The number of carbonyl (C=O) groups excluding carboxylic acids is 1. The molecule has 0 N–H and O–H groups in total. The maximum absolute atomic E-state index is 12.4. The number of pyridine rings is 1. The van der Waals surface area contributed by atoms with E-state index in [1.165, 1.54) is 12.3 Å². The normalized spacial score (nSPS) is 24.7. The molecule has 6 heteroatoms. The first kappa shape index (κ1) is 13.8. The van der Waals surface area contributed by atoms with E-state index in [1.54, 1.807) is 0 Å². The molecule has 104 valence electrons. The molecule has 2 heterocycles. The van der Waals surface area contributed by atoms with Crippen molar-refractivity contribution in [3.63, 3.8) is 0 Å². The number of halogens is 3. The summed E-state index contributed by atoms with van der Waals surface area (Å²) in [6.45, 7) is 4.27. The quantitative estimate of drug-likeness (QED) is 0.788. The third kappa shape index (κ3) is 2.72. The molecule has 1 fully saturated rings. The number of Topliss-reactive ketones (excluding diaryl/α,β-unsaturated/α-hetero) is 1. The van der Waals surface area contributed by atoms with Crippen LogP contribution in [0.2, 0.25) is 0 Å². The second-order valence-electron chi connectivity index (χ2n) is 4.84. The molecule has 0 bridgehead atoms. The number of nitrogens with zero attached hydrogens (tertiary/aromatic N) is 2. The minimum atomic E-state index is -4.42. The van der Waals surface area contributed by atoms with Crippen molar-refractivity contribution in [1.29, 1.82) is 0 Å². The Labute approximate surface area is 109 Å². The van der Waals surface area contributed by atoms with Gasteiger partial charge < -0.3 is 4.90 Å². The topological polar surface area (TPSA) is 33.2 Å². The van der Waals surface area contributed by atoms with Crippen molar-refractivity contribution in [2.75, 3.05) is 11.4 Å². The van der Waals surface area contributed by atoms with Crippen molar-refractivity contribution in [2.24, 2.45) is 5.92 Å². The van der Waals surface area contributed by atoms with E-state index in [4.69, 9.17) is 0 Å². The molecule has 0 saturated carbocycles. The van der Waals surface area contributed by atoms with E-state index in [0.29, 0.717) is 18.7 Å². The summed E-state index contributed by atoms with van der Waals surface area (Å²) in [6.07, 6.45) is -2.77. The van der Waals surface area contributed by atoms with Crippen molar-refractivity contribution in [2.45, 2.75) is 32.5 Å². The highest BCUT2D eigenvalue weighted by Gasteiger charge is 2.34. The van der Waals surface area contributed by atoms with Gasteiger partial charge in [0, 0.05) is 24.9 Å². The summed E-state index contributed by atoms with van der Waals surface area (Å²) in [5.41, 5.74) is -0.273. The fourth-order valence-corrected chi connectivity index (χ4v) is 2.29. The van der Waals surface area contributed by atoms with Crippen LogP contribution in [0.1, 0.15) is 26.0 Å². The van der Waals surface area contributed by atoms with Gasteiger partial charge in [-0.2, -0.15) is 13.2 Å². The Morgan fingerprint density at radius 2 is 2.00 bits per heavy atom. The lowest BCUT2D eigenvalue weighted by molar-refractivity contribution is -0.141. The number of rotatable bonds is 1. The van der Waals surface area contributed by atoms with Crippen molar-refractivity contribution < 1.29 is 18.0 Å². The Balaban J connectivity index is 2.21. The molecule has 1 aliphatic rings. The average molecular weight is 272 g/mol. The summed E-state index contributed by atoms with van der Waals surface area (Å²) in [5.74, 6) is 0.0830. The highest BCUT2D eigenvalue weighted by Crippen LogP contribution is 2.30. The van der Waals surface area contributed by atoms with Crippen LogP contribution in [0.25, 0.3) is 0 Å². The minimum Gasteiger partial charge on any atom is -0.366 e. The Hall–Kier alpha value is -1.59. The van der Waals surface area contributed by atoms with Crippen LogP contribution in [-0.4, -0.2) is 23.4 Å². The zero-order chi connectivity index (χ0) is 14.2. The molecule has 3 nitrogen and oxygen atoms in total. The summed E-state index contributed by atoms with van der Waals surface area (Å²) in [5, 5.41) is 0. The van der Waals surface area contributed by atoms with Crippen molar-refractivity contribution >= 4 is 11.5 Å². The molecule has 0 amide bonds. The van der Waals surface area contributed by atoms with Crippen LogP contribution in [0.3, 0.4) is 0 Å². The largest absolute Gasteiger partial charge is 0.433 e. The fourth-order valence-electron chi connectivity index (χ4n) is 2.29. The van der Waals surface area contributed by atoms with Gasteiger partial charge in [-0.05, 0) is 19.1 Å². The van der Waals surface area contributed by atoms with E-state index >= 15 is 0 Å². The van der Waals surface area contributed by atoms with Crippen molar-refractivity contribution in [3.8, 4) is 0 Å². The molecule has 0 aromatic carbocycles. The van der Waals surface area contributed by atoms with E-state index in [1.807, 2.05) is 18.7 Å². The van der Waals surface area contributed by atoms with Crippen LogP contribution >= 0.6 is 0 Å². The smallest absolute Gasteiger partial charge is 0.366 e. The Kier molecular flexibility index (Phi) is 3.52. The van der Waals surface area contributed by atoms with Gasteiger partial charge in [-0.25, -0.2) is 4.98 Å². The summed E-state index contributed by atoms with van der Waals surface area (Å²) in [4.78, 5) is 17.0. The summed E-state index contributed by atoms with van der Waals surface area (Å²) in [7, 11) is 0. The SMILES string of the molecule is CC1C(=O)CCN(c2ccc(C(F)(F)F)nc2)C1C. The molecule has 1 aliphatic heterocycles. The van der Waals surface area contributed by atoms with E-state index in [2.05, 4.69) is 4.98 Å². The maximum Gasteiger partial charge on any atom is 0.433 e. The van der Waals surface area contributed by atoms with Crippen LogP contribution < -0.4 is 4.90 Å². The lowest BCUT2D eigenvalue weighted by atomic mass is 9.90. The first-order valence-corrected chi connectivity index (χ1v) is 6.13. The third-order valence-corrected chi connectivity index (χ3v) is 3.69. The van der Waals surface area contributed by atoms with Crippen molar-refractivity contribution in [1.82, 2.24) is 4.98 Å². The molecule has 1 aromatic rings. The molecule has 2 rings (SSSR count). The zero-order valence-electron chi connectivity index (χ0n) is 10.7. The zero-order valence-corrected chi connectivity index (χ0v) is 10.7. The molecule has 1 aromatic heterocycles. The monoisotopic (exact) mass is 272 g/mol. The van der Waals surface area contributed by atoms with Gasteiger partial charge in [0.05, 0.1) is 11.9 Å². The van der Waals surface area contributed by atoms with Crippen LogP contribution in [0.5, 0.6) is 0 Å². The standard InChI is InChI=1S/C13H15F3N2O/c1-8-9(2)18(6-5-11(8)19)10-3-4-12(17-7-10)13(14,15)16/h3-4,7-9H,5-6H2,1-2H3. The Morgan fingerprint density at radius 3 is 2.53 bits per heavy atom. The van der Waals surface area contributed by atoms with Gasteiger partial charge in [-0.1, -0.05) is 6.92 Å². The number of alkyl halides is 3. The third-order valence-electron chi connectivity index (χ3n) is 3.69. The van der Waals surface area contributed by atoms with Gasteiger partial charge in [0.25, 0.3) is 0 Å². The second kappa shape index (κ2) is 4.83. The van der Waals surface area contributed by atoms with E-state index in [9.17, 15) is 18.0 Å². The Bertz CT molecular complexity index is 470. The number of piperidine rings is 1. The van der Waals surface area contributed by atoms with Crippen LogP contribution in [0, 0.1) is 5.92 Å².